The molecule has 1 aliphatic rings. The molecule has 0 bridgehead atoms. The maximum Gasteiger partial charge on any atom is 0.257 e. The highest BCUT2D eigenvalue weighted by Crippen LogP contribution is 2.23. The van der Waals surface area contributed by atoms with E-state index in [9.17, 15) is 4.79 Å². The summed E-state index contributed by atoms with van der Waals surface area (Å²) in [6, 6.07) is 0.00399. The molecule has 1 aromatic heterocycles. The minimum Gasteiger partial charge on any atom is -0.376 e. The molecular formula is C14H22N2O3. The maximum absolute atomic E-state index is 12.4. The fourth-order valence-corrected chi connectivity index (χ4v) is 2.43. The number of carbonyl (C=O) groups is 1. The summed E-state index contributed by atoms with van der Waals surface area (Å²) in [7, 11) is 0. The first-order chi connectivity index (χ1) is 9.00. The molecule has 0 aliphatic carbocycles. The highest BCUT2D eigenvalue weighted by atomic mass is 16.5. The molecule has 0 radical (unpaired) electrons. The third-order valence-electron chi connectivity index (χ3n) is 3.52. The first-order valence-electron chi connectivity index (χ1n) is 6.89. The predicted molar refractivity (Wildman–Crippen MR) is 71.2 cm³/mol. The average Bonchev–Trinajstić information content (AvgIpc) is 2.96. The van der Waals surface area contributed by atoms with Crippen LogP contribution >= 0.6 is 0 Å². The molecule has 0 spiro atoms. The summed E-state index contributed by atoms with van der Waals surface area (Å²) in [6.07, 6.45) is 2.18. The first-order valence-corrected chi connectivity index (χ1v) is 6.89. The molecule has 2 heterocycles. The predicted octanol–water partition coefficient (Wildman–Crippen LogP) is 2.40. The molecule has 5 heteroatoms. The second-order valence-corrected chi connectivity index (χ2v) is 5.48. The van der Waals surface area contributed by atoms with Crippen molar-refractivity contribution in [2.45, 2.75) is 58.6 Å². The van der Waals surface area contributed by atoms with Crippen molar-refractivity contribution >= 4 is 5.91 Å². The zero-order valence-electron chi connectivity index (χ0n) is 12.0. The van der Waals surface area contributed by atoms with Crippen molar-refractivity contribution in [2.24, 2.45) is 0 Å². The summed E-state index contributed by atoms with van der Waals surface area (Å²) in [6.45, 7) is 8.53. The van der Waals surface area contributed by atoms with Crippen molar-refractivity contribution in [3.05, 3.63) is 17.0 Å². The number of hydrogen-bond acceptors (Lipinski definition) is 4. The van der Waals surface area contributed by atoms with E-state index in [1.54, 1.807) is 6.92 Å². The van der Waals surface area contributed by atoms with Crippen molar-refractivity contribution in [1.82, 2.24) is 10.5 Å². The van der Waals surface area contributed by atoms with E-state index in [1.165, 1.54) is 0 Å². The van der Waals surface area contributed by atoms with Gasteiger partial charge in [0.15, 0.2) is 5.76 Å². The standard InChI is InChI=1S/C14H22N2O3/c1-8(2)13-12(10(4)16-19-13)14(17)15-9(3)11-6-5-7-18-11/h8-9,11H,5-7H2,1-4H3,(H,15,17)/t9-,11+/m1/s1. The van der Waals surface area contributed by atoms with Gasteiger partial charge in [0, 0.05) is 12.5 Å². The molecule has 2 rings (SSSR count). The zero-order chi connectivity index (χ0) is 14.0. The van der Waals surface area contributed by atoms with Gasteiger partial charge < -0.3 is 14.6 Å². The van der Waals surface area contributed by atoms with Crippen molar-refractivity contribution in [3.63, 3.8) is 0 Å². The van der Waals surface area contributed by atoms with Gasteiger partial charge in [-0.2, -0.15) is 0 Å². The number of aromatic nitrogens is 1. The van der Waals surface area contributed by atoms with Crippen LogP contribution in [-0.4, -0.2) is 29.8 Å². The molecule has 2 atom stereocenters. The van der Waals surface area contributed by atoms with Crippen molar-refractivity contribution in [3.8, 4) is 0 Å². The first kappa shape index (κ1) is 14.1. The van der Waals surface area contributed by atoms with Gasteiger partial charge >= 0.3 is 0 Å². The highest BCUT2D eigenvalue weighted by Gasteiger charge is 2.27. The molecule has 106 valence electrons. The normalized spacial score (nSPS) is 20.8. The lowest BCUT2D eigenvalue weighted by Gasteiger charge is -2.20. The van der Waals surface area contributed by atoms with E-state index in [1.807, 2.05) is 20.8 Å². The van der Waals surface area contributed by atoms with Gasteiger partial charge in [0.2, 0.25) is 0 Å². The Hall–Kier alpha value is -1.36. The maximum atomic E-state index is 12.4. The molecule has 1 N–H and O–H groups in total. The van der Waals surface area contributed by atoms with Gasteiger partial charge in [-0.1, -0.05) is 19.0 Å². The van der Waals surface area contributed by atoms with Crippen molar-refractivity contribution < 1.29 is 14.1 Å². The topological polar surface area (TPSA) is 64.4 Å². The Morgan fingerprint density at radius 1 is 1.42 bits per heavy atom. The van der Waals surface area contributed by atoms with Crippen LogP contribution in [0.15, 0.2) is 4.52 Å². The third kappa shape index (κ3) is 2.97. The van der Waals surface area contributed by atoms with Crippen LogP contribution in [0.2, 0.25) is 0 Å². The van der Waals surface area contributed by atoms with E-state index in [0.29, 0.717) is 17.0 Å². The summed E-state index contributed by atoms with van der Waals surface area (Å²) >= 11 is 0. The minimum atomic E-state index is -0.120. The molecular weight excluding hydrogens is 244 g/mol. The number of nitrogens with one attached hydrogen (secondary N) is 1. The van der Waals surface area contributed by atoms with Gasteiger partial charge in [0.1, 0.15) is 5.56 Å². The average molecular weight is 266 g/mol. The zero-order valence-corrected chi connectivity index (χ0v) is 12.0. The van der Waals surface area contributed by atoms with E-state index in [-0.39, 0.29) is 24.0 Å². The molecule has 1 saturated heterocycles. The number of carbonyl (C=O) groups excluding carboxylic acids is 1. The van der Waals surface area contributed by atoms with Crippen LogP contribution < -0.4 is 5.32 Å². The molecule has 0 saturated carbocycles. The van der Waals surface area contributed by atoms with Gasteiger partial charge in [-0.25, -0.2) is 0 Å². The number of nitrogens with zero attached hydrogens (tertiary/aromatic N) is 1. The van der Waals surface area contributed by atoms with E-state index >= 15 is 0 Å². The molecule has 5 nitrogen and oxygen atoms in total. The van der Waals surface area contributed by atoms with Crippen LogP contribution in [0.4, 0.5) is 0 Å². The van der Waals surface area contributed by atoms with E-state index in [0.717, 1.165) is 19.4 Å². The number of aryl methyl sites for hydroxylation is 1. The molecule has 1 aromatic rings. The molecule has 0 unspecified atom stereocenters. The van der Waals surface area contributed by atoms with Gasteiger partial charge in [-0.05, 0) is 26.7 Å². The second kappa shape index (κ2) is 5.74. The van der Waals surface area contributed by atoms with Crippen LogP contribution in [0.3, 0.4) is 0 Å². The van der Waals surface area contributed by atoms with Gasteiger partial charge in [0.05, 0.1) is 17.8 Å². The Morgan fingerprint density at radius 3 is 2.74 bits per heavy atom. The Bertz CT molecular complexity index is 448. The molecule has 1 amide bonds. The van der Waals surface area contributed by atoms with E-state index in [2.05, 4.69) is 10.5 Å². The lowest BCUT2D eigenvalue weighted by molar-refractivity contribution is 0.0710. The SMILES string of the molecule is Cc1noc(C(C)C)c1C(=O)N[C@H](C)[C@@H]1CCCO1. The van der Waals surface area contributed by atoms with Gasteiger partial charge in [0.25, 0.3) is 5.91 Å². The van der Waals surface area contributed by atoms with Crippen LogP contribution in [0.1, 0.15) is 61.3 Å². The van der Waals surface area contributed by atoms with E-state index < -0.39 is 0 Å². The van der Waals surface area contributed by atoms with Gasteiger partial charge in [-0.3, -0.25) is 4.79 Å². The molecule has 1 aliphatic heterocycles. The van der Waals surface area contributed by atoms with Crippen LogP contribution in [-0.2, 0) is 4.74 Å². The quantitative estimate of drug-likeness (QED) is 0.909. The molecule has 0 aromatic carbocycles. The fourth-order valence-electron chi connectivity index (χ4n) is 2.43. The Balaban J connectivity index is 2.09. The minimum absolute atomic E-state index is 0.00399. The van der Waals surface area contributed by atoms with Crippen LogP contribution in [0.5, 0.6) is 0 Å². The Morgan fingerprint density at radius 2 is 2.16 bits per heavy atom. The number of rotatable bonds is 4. The lowest BCUT2D eigenvalue weighted by Crippen LogP contribution is -2.41. The largest absolute Gasteiger partial charge is 0.376 e. The Kier molecular flexibility index (Phi) is 4.24. The monoisotopic (exact) mass is 266 g/mol. The van der Waals surface area contributed by atoms with Crippen molar-refractivity contribution in [1.29, 1.82) is 0 Å². The summed E-state index contributed by atoms with van der Waals surface area (Å²) in [5.74, 6) is 0.667. The van der Waals surface area contributed by atoms with E-state index in [4.69, 9.17) is 9.26 Å². The summed E-state index contributed by atoms with van der Waals surface area (Å²) < 4.78 is 10.8. The number of hydrogen-bond donors (Lipinski definition) is 1. The third-order valence-corrected chi connectivity index (χ3v) is 3.52. The summed E-state index contributed by atoms with van der Waals surface area (Å²) in [4.78, 5) is 12.4. The van der Waals surface area contributed by atoms with Gasteiger partial charge in [-0.15, -0.1) is 0 Å². The van der Waals surface area contributed by atoms with Crippen molar-refractivity contribution in [2.75, 3.05) is 6.61 Å². The van der Waals surface area contributed by atoms with Crippen LogP contribution in [0.25, 0.3) is 0 Å². The van der Waals surface area contributed by atoms with Crippen LogP contribution in [0, 0.1) is 6.92 Å². The lowest BCUT2D eigenvalue weighted by atomic mass is 10.0. The number of ether oxygens (including phenoxy) is 1. The summed E-state index contributed by atoms with van der Waals surface area (Å²) in [5, 5.41) is 6.89. The molecule has 1 fully saturated rings. The smallest absolute Gasteiger partial charge is 0.257 e. The second-order valence-electron chi connectivity index (χ2n) is 5.48. The highest BCUT2D eigenvalue weighted by molar-refractivity contribution is 5.96. The summed E-state index contributed by atoms with van der Waals surface area (Å²) in [5.41, 5.74) is 1.21. The molecule has 19 heavy (non-hydrogen) atoms. The Labute approximate surface area is 113 Å². The number of amides is 1. The fraction of sp³-hybridized carbons (Fsp3) is 0.714.